The van der Waals surface area contributed by atoms with Gasteiger partial charge < -0.3 is 15.2 Å². The number of methoxy groups -OCH3 is 1. The van der Waals surface area contributed by atoms with Crippen LogP contribution in [-0.4, -0.2) is 31.1 Å². The van der Waals surface area contributed by atoms with Crippen LogP contribution in [0.1, 0.15) is 43.0 Å². The largest absolute Gasteiger partial charge is 0.466 e. The third-order valence-electron chi connectivity index (χ3n) is 8.05. The van der Waals surface area contributed by atoms with Crippen molar-refractivity contribution in [1.82, 2.24) is 0 Å². The highest BCUT2D eigenvalue weighted by atomic mass is 19.1. The van der Waals surface area contributed by atoms with Crippen molar-refractivity contribution in [3.63, 3.8) is 0 Å². The first kappa shape index (κ1) is 26.6. The van der Waals surface area contributed by atoms with E-state index >= 15 is 0 Å². The summed E-state index contributed by atoms with van der Waals surface area (Å²) in [5.41, 5.74) is 4.16. The number of anilines is 2. The molecular weight excluding hydrogens is 495 g/mol. The fourth-order valence-corrected chi connectivity index (χ4v) is 6.00. The molecule has 0 radical (unpaired) electrons. The van der Waals surface area contributed by atoms with Gasteiger partial charge in [0.1, 0.15) is 5.82 Å². The number of ether oxygens (including phenoxy) is 1. The molecule has 0 heterocycles. The van der Waals surface area contributed by atoms with Crippen molar-refractivity contribution in [1.29, 1.82) is 0 Å². The quantitative estimate of drug-likeness (QED) is 0.207. The molecule has 202 valence electrons. The Labute approximate surface area is 228 Å². The zero-order valence-corrected chi connectivity index (χ0v) is 22.1. The molecule has 2 bridgehead atoms. The van der Waals surface area contributed by atoms with Crippen molar-refractivity contribution in [3.8, 4) is 11.1 Å². The van der Waals surface area contributed by atoms with E-state index in [9.17, 15) is 19.1 Å². The van der Waals surface area contributed by atoms with Crippen LogP contribution >= 0.6 is 0 Å². The molecule has 0 aliphatic heterocycles. The van der Waals surface area contributed by atoms with Crippen LogP contribution in [0.25, 0.3) is 17.2 Å². The summed E-state index contributed by atoms with van der Waals surface area (Å²) < 4.78 is 19.4. The highest BCUT2D eigenvalue weighted by Crippen LogP contribution is 2.49. The van der Waals surface area contributed by atoms with Gasteiger partial charge in [0.25, 0.3) is 0 Å². The van der Waals surface area contributed by atoms with Crippen molar-refractivity contribution < 1.29 is 23.8 Å². The zero-order valence-electron chi connectivity index (χ0n) is 22.1. The summed E-state index contributed by atoms with van der Waals surface area (Å²) in [5.74, 6) is -0.739. The highest BCUT2D eigenvalue weighted by molar-refractivity contribution is 5.96. The summed E-state index contributed by atoms with van der Waals surface area (Å²) >= 11 is 0. The molecule has 3 aromatic rings. The van der Waals surface area contributed by atoms with Gasteiger partial charge in [-0.1, -0.05) is 42.8 Å². The second-order valence-electron chi connectivity index (χ2n) is 10.4. The normalized spacial score (nSPS) is 20.7. The molecular formula is C32H33FN2O4. The number of halogens is 1. The van der Waals surface area contributed by atoms with Gasteiger partial charge in [-0.2, -0.15) is 0 Å². The molecule has 2 N–H and O–H groups in total. The Hall–Kier alpha value is -3.97. The average molecular weight is 529 g/mol. The molecule has 2 aliphatic carbocycles. The fraction of sp³-hybridized carbons (Fsp3) is 0.312. The fourth-order valence-electron chi connectivity index (χ4n) is 6.00. The minimum absolute atomic E-state index is 0.199. The van der Waals surface area contributed by atoms with Gasteiger partial charge in [-0.05, 0) is 84.2 Å². The van der Waals surface area contributed by atoms with Gasteiger partial charge >= 0.3 is 5.97 Å². The van der Waals surface area contributed by atoms with E-state index in [1.807, 2.05) is 43.4 Å². The molecule has 7 heteroatoms. The van der Waals surface area contributed by atoms with E-state index in [2.05, 4.69) is 10.1 Å². The summed E-state index contributed by atoms with van der Waals surface area (Å²) in [6.45, 7) is 0. The van der Waals surface area contributed by atoms with Crippen LogP contribution in [0.2, 0.25) is 0 Å². The van der Waals surface area contributed by atoms with Gasteiger partial charge in [-0.3, -0.25) is 9.69 Å². The van der Waals surface area contributed by atoms with Gasteiger partial charge in [0.15, 0.2) is 6.23 Å². The molecule has 2 aliphatic rings. The van der Waals surface area contributed by atoms with E-state index in [-0.39, 0.29) is 23.4 Å². The number of hydrogen-bond donors (Lipinski definition) is 2. The number of aliphatic hydroxyl groups excluding tert-OH is 1. The molecule has 6 nitrogen and oxygen atoms in total. The summed E-state index contributed by atoms with van der Waals surface area (Å²) in [5, 5.41) is 14.7. The Balaban J connectivity index is 1.48. The van der Waals surface area contributed by atoms with Crippen molar-refractivity contribution in [3.05, 3.63) is 89.8 Å². The number of nitrogens with zero attached hydrogens (tertiary/aromatic N) is 1. The summed E-state index contributed by atoms with van der Waals surface area (Å²) in [4.78, 5) is 26.9. The van der Waals surface area contributed by atoms with Crippen LogP contribution in [0.4, 0.5) is 15.8 Å². The van der Waals surface area contributed by atoms with E-state index in [1.54, 1.807) is 18.2 Å². The lowest BCUT2D eigenvalue weighted by Crippen LogP contribution is -2.41. The molecule has 4 atom stereocenters. The number of esters is 1. The Bertz CT molecular complexity index is 1370. The molecule has 1 amide bonds. The Morgan fingerprint density at radius 1 is 1.03 bits per heavy atom. The second kappa shape index (κ2) is 11.4. The van der Waals surface area contributed by atoms with Crippen molar-refractivity contribution in [2.75, 3.05) is 24.4 Å². The van der Waals surface area contributed by atoms with E-state index in [0.29, 0.717) is 17.0 Å². The Kier molecular flexibility index (Phi) is 7.79. The van der Waals surface area contributed by atoms with Gasteiger partial charge in [-0.25, -0.2) is 9.18 Å². The van der Waals surface area contributed by atoms with Crippen LogP contribution < -0.4 is 10.2 Å². The van der Waals surface area contributed by atoms with E-state index in [4.69, 9.17) is 0 Å². The molecule has 0 aromatic heterocycles. The first-order valence-corrected chi connectivity index (χ1v) is 13.3. The predicted octanol–water partition coefficient (Wildman–Crippen LogP) is 6.18. The maximum absolute atomic E-state index is 14.8. The smallest absolute Gasteiger partial charge is 0.330 e. The number of amides is 1. The van der Waals surface area contributed by atoms with Crippen LogP contribution in [0.5, 0.6) is 0 Å². The van der Waals surface area contributed by atoms with Crippen molar-refractivity contribution in [2.45, 2.75) is 31.9 Å². The first-order valence-electron chi connectivity index (χ1n) is 13.3. The van der Waals surface area contributed by atoms with Crippen LogP contribution in [0.3, 0.4) is 0 Å². The maximum Gasteiger partial charge on any atom is 0.330 e. The number of fused-ring (bicyclic) bond motifs is 2. The predicted molar refractivity (Wildman–Crippen MR) is 150 cm³/mol. The van der Waals surface area contributed by atoms with Gasteiger partial charge in [0.05, 0.1) is 12.8 Å². The molecule has 5 rings (SSSR count). The zero-order chi connectivity index (χ0) is 27.5. The monoisotopic (exact) mass is 528 g/mol. The molecule has 3 aromatic carbocycles. The first-order chi connectivity index (χ1) is 18.9. The molecule has 39 heavy (non-hydrogen) atoms. The van der Waals surface area contributed by atoms with Gasteiger partial charge in [0, 0.05) is 30.3 Å². The van der Waals surface area contributed by atoms with Crippen LogP contribution in [0.15, 0.2) is 72.8 Å². The number of benzene rings is 3. The third kappa shape index (κ3) is 5.73. The minimum atomic E-state index is -1.31. The van der Waals surface area contributed by atoms with Crippen molar-refractivity contribution in [2.24, 2.45) is 17.8 Å². The highest BCUT2D eigenvalue weighted by Gasteiger charge is 2.45. The van der Waals surface area contributed by atoms with E-state index in [1.165, 1.54) is 36.3 Å². The summed E-state index contributed by atoms with van der Waals surface area (Å²) in [6, 6.07) is 19.5. The van der Waals surface area contributed by atoms with Gasteiger partial charge in [-0.15, -0.1) is 0 Å². The van der Waals surface area contributed by atoms with Gasteiger partial charge in [0.2, 0.25) is 5.91 Å². The van der Waals surface area contributed by atoms with Crippen LogP contribution in [-0.2, 0) is 14.3 Å². The average Bonchev–Trinajstić information content (AvgIpc) is 3.60. The summed E-state index contributed by atoms with van der Waals surface area (Å²) in [7, 11) is 3.13. The minimum Gasteiger partial charge on any atom is -0.466 e. The lowest BCUT2D eigenvalue weighted by molar-refractivity contribution is -0.134. The lowest BCUT2D eigenvalue weighted by Gasteiger charge is -2.33. The number of rotatable bonds is 8. The van der Waals surface area contributed by atoms with E-state index in [0.717, 1.165) is 42.5 Å². The molecule has 0 saturated heterocycles. The molecule has 0 spiro atoms. The third-order valence-corrected chi connectivity index (χ3v) is 8.05. The number of nitrogens with one attached hydrogen (secondary N) is 1. The summed E-state index contributed by atoms with van der Waals surface area (Å²) in [6.07, 6.45) is 5.27. The van der Waals surface area contributed by atoms with E-state index < -0.39 is 18.0 Å². The Morgan fingerprint density at radius 2 is 1.72 bits per heavy atom. The topological polar surface area (TPSA) is 78.9 Å². The van der Waals surface area contributed by atoms with Crippen molar-refractivity contribution >= 4 is 29.3 Å². The lowest BCUT2D eigenvalue weighted by atomic mass is 9.87. The maximum atomic E-state index is 14.8. The number of carbonyl (C=O) groups is 2. The number of hydrogen-bond acceptors (Lipinski definition) is 5. The Morgan fingerprint density at radius 3 is 2.31 bits per heavy atom. The second-order valence-corrected chi connectivity index (χ2v) is 10.4. The molecule has 2 saturated carbocycles. The number of aliphatic hydroxyl groups is 1. The van der Waals surface area contributed by atoms with Crippen LogP contribution in [0, 0.1) is 23.6 Å². The SMILES string of the molecule is CNc1ccc(-c2ccc(C(O)N(C(=O)C3CC4CC[C@@H]3C4)c3cc(F)cc(/C=C/C(=O)OC)c3)cc2)cc1. The standard InChI is InChI=1S/C32H33FN2O4/c1-34-27-12-10-23(11-13-27)22-6-8-24(9-7-22)31(37)35(32(38)29-18-20-3-5-25(29)15-20)28-17-21(16-26(33)19-28)4-14-30(36)39-2/h4,6-14,16-17,19-20,25,29,31,34,37H,3,5,15,18H2,1-2H3/b14-4+/t20?,25-,29?,31?/m1/s1. The number of carbonyl (C=O) groups excluding carboxylic acids is 2. The molecule has 3 unspecified atom stereocenters. The molecule has 2 fully saturated rings.